The van der Waals surface area contributed by atoms with E-state index in [4.69, 9.17) is 30.3 Å². The van der Waals surface area contributed by atoms with Gasteiger partial charge in [-0.15, -0.1) is 4.91 Å². The van der Waals surface area contributed by atoms with Crippen LogP contribution in [0.2, 0.25) is 0 Å². The van der Waals surface area contributed by atoms with Gasteiger partial charge in [-0.1, -0.05) is 31.2 Å². The van der Waals surface area contributed by atoms with Crippen LogP contribution in [0.1, 0.15) is 38.2 Å². The molecule has 2 aromatic rings. The Bertz CT molecular complexity index is 725. The van der Waals surface area contributed by atoms with Crippen molar-refractivity contribution in [1.82, 2.24) is 0 Å². The minimum atomic E-state index is -0.250. The average Bonchev–Trinajstić information content (AvgIpc) is 2.79. The zero-order valence-electron chi connectivity index (χ0n) is 18.2. The number of carboxylic acid groups (broad SMARTS) is 1. The van der Waals surface area contributed by atoms with Gasteiger partial charge in [0.2, 0.25) is 0 Å². The van der Waals surface area contributed by atoms with Gasteiger partial charge in [-0.3, -0.25) is 4.79 Å². The third-order valence-electron chi connectivity index (χ3n) is 3.73. The van der Waals surface area contributed by atoms with E-state index in [-0.39, 0.29) is 6.47 Å². The second-order valence-corrected chi connectivity index (χ2v) is 5.85. The number of nitrogens with two attached hydrogens (primary N) is 1. The number of ether oxygens (including phenoxy) is 1. The van der Waals surface area contributed by atoms with Crippen LogP contribution in [0.3, 0.4) is 0 Å². The fourth-order valence-electron chi connectivity index (χ4n) is 2.27. The first-order chi connectivity index (χ1) is 15.0. The monoisotopic (exact) mass is 432 g/mol. The number of nitrogens with zero attached hydrogens (tertiary/aromatic N) is 1. The third-order valence-corrected chi connectivity index (χ3v) is 3.73. The van der Waals surface area contributed by atoms with Crippen LogP contribution in [-0.4, -0.2) is 36.7 Å². The van der Waals surface area contributed by atoms with Crippen LogP contribution < -0.4 is 10.5 Å². The van der Waals surface area contributed by atoms with Gasteiger partial charge in [0.1, 0.15) is 24.3 Å². The van der Waals surface area contributed by atoms with Crippen molar-refractivity contribution in [3.05, 3.63) is 71.2 Å². The van der Waals surface area contributed by atoms with E-state index < -0.39 is 0 Å². The molecule has 0 aliphatic carbocycles. The summed E-state index contributed by atoms with van der Waals surface area (Å²) in [6.07, 6.45) is 6.99. The van der Waals surface area contributed by atoms with Crippen LogP contribution in [0.15, 0.2) is 65.9 Å². The molecule has 31 heavy (non-hydrogen) atoms. The molecule has 0 aromatic heterocycles. The molecule has 170 valence electrons. The van der Waals surface area contributed by atoms with Crippen molar-refractivity contribution in [3.8, 4) is 5.75 Å². The lowest BCUT2D eigenvalue weighted by molar-refractivity contribution is -0.122. The van der Waals surface area contributed by atoms with E-state index in [2.05, 4.69) is 30.3 Å². The quantitative estimate of drug-likeness (QED) is 0.238. The summed E-state index contributed by atoms with van der Waals surface area (Å²) in [6, 6.07) is 14.8. The van der Waals surface area contributed by atoms with Crippen LogP contribution in [0.5, 0.6) is 5.75 Å². The van der Waals surface area contributed by atoms with Crippen molar-refractivity contribution in [3.63, 3.8) is 0 Å². The van der Waals surface area contributed by atoms with Crippen molar-refractivity contribution in [2.24, 2.45) is 5.18 Å². The number of aliphatic hydroxyl groups excluding tert-OH is 1. The van der Waals surface area contributed by atoms with Crippen LogP contribution in [-0.2, 0) is 9.59 Å². The fourth-order valence-corrected chi connectivity index (χ4v) is 2.27. The molecule has 2 rings (SSSR count). The van der Waals surface area contributed by atoms with Gasteiger partial charge in [0, 0.05) is 12.8 Å². The smallest absolute Gasteiger partial charge is 0.290 e. The van der Waals surface area contributed by atoms with E-state index in [1.54, 1.807) is 24.3 Å². The van der Waals surface area contributed by atoms with Crippen molar-refractivity contribution < 1.29 is 24.5 Å². The number of nitrogen functional groups attached to an aromatic ring is 1. The number of carbonyl (C=O) groups excluding carboxylic acids is 1. The van der Waals surface area contributed by atoms with E-state index in [0.29, 0.717) is 18.2 Å². The van der Waals surface area contributed by atoms with Gasteiger partial charge in [0.15, 0.2) is 0 Å². The van der Waals surface area contributed by atoms with Crippen molar-refractivity contribution >= 4 is 24.1 Å². The molecule has 4 N–H and O–H groups in total. The molecular weight excluding hydrogens is 400 g/mol. The highest BCUT2D eigenvalue weighted by atomic mass is 16.5. The molecule has 0 fully saturated rings. The van der Waals surface area contributed by atoms with Gasteiger partial charge in [-0.05, 0) is 72.8 Å². The summed E-state index contributed by atoms with van der Waals surface area (Å²) in [6.45, 7) is 3.93. The molecule has 8 heteroatoms. The zero-order valence-corrected chi connectivity index (χ0v) is 18.2. The maximum absolute atomic E-state index is 10.3. The average molecular weight is 433 g/mol. The normalized spacial score (nSPS) is 10.1. The Morgan fingerprint density at radius 1 is 1.03 bits per heavy atom. The Morgan fingerprint density at radius 2 is 1.55 bits per heavy atom. The summed E-state index contributed by atoms with van der Waals surface area (Å²) < 4.78 is 5.57. The van der Waals surface area contributed by atoms with E-state index >= 15 is 0 Å². The summed E-state index contributed by atoms with van der Waals surface area (Å²) in [7, 11) is 1.00. The predicted molar refractivity (Wildman–Crippen MR) is 124 cm³/mol. The highest BCUT2D eigenvalue weighted by Crippen LogP contribution is 2.22. The molecule has 2 aromatic carbocycles. The number of aldehydes is 1. The molecule has 0 heterocycles. The maximum atomic E-state index is 10.3. The SMILES string of the molecule is CC(CC/C=C/COc1ccc(N=O)cc1)c1ccc(N)cc1.CC=O.CO.O=CO. The molecule has 0 radical (unpaired) electrons. The third kappa shape index (κ3) is 16.0. The fraction of sp³-hybridized carbons (Fsp3) is 0.304. The summed E-state index contributed by atoms with van der Waals surface area (Å²) in [5, 5.41) is 16.7. The lowest BCUT2D eigenvalue weighted by Crippen LogP contribution is -1.95. The van der Waals surface area contributed by atoms with Gasteiger partial charge >= 0.3 is 0 Å². The molecule has 1 atom stereocenters. The van der Waals surface area contributed by atoms with Crippen molar-refractivity contribution in [1.29, 1.82) is 0 Å². The van der Waals surface area contributed by atoms with Crippen molar-refractivity contribution in [2.75, 3.05) is 19.5 Å². The Morgan fingerprint density at radius 3 is 2.03 bits per heavy atom. The maximum Gasteiger partial charge on any atom is 0.290 e. The number of allylic oxidation sites excluding steroid dienone is 1. The minimum Gasteiger partial charge on any atom is -0.490 e. The molecule has 0 aliphatic heterocycles. The molecule has 1 unspecified atom stereocenters. The molecule has 8 nitrogen and oxygen atoms in total. The second-order valence-electron chi connectivity index (χ2n) is 5.85. The predicted octanol–water partition coefficient (Wildman–Crippen LogP) is 4.70. The van der Waals surface area contributed by atoms with Gasteiger partial charge in [0.05, 0.1) is 0 Å². The summed E-state index contributed by atoms with van der Waals surface area (Å²) >= 11 is 0. The highest BCUT2D eigenvalue weighted by Gasteiger charge is 2.03. The standard InChI is InChI=1S/C19H22N2O2.C2H4O.CH2O2.CH4O/c1-15(16-6-8-17(20)9-7-16)5-3-2-4-14-23-19-12-10-18(21-22)11-13-19;1-2-3;2-1-3;1-2/h2,4,6-13,15H,3,5,14,20H2,1H3;2H,1H3;1H,(H,2,3);2H,1H3/b4-2+;;;. The summed E-state index contributed by atoms with van der Waals surface area (Å²) in [5.41, 5.74) is 8.22. The van der Waals surface area contributed by atoms with E-state index in [0.717, 1.165) is 37.7 Å². The van der Waals surface area contributed by atoms with E-state index in [1.807, 2.05) is 18.2 Å². The van der Waals surface area contributed by atoms with Gasteiger partial charge in [-0.25, -0.2) is 0 Å². The lowest BCUT2D eigenvalue weighted by atomic mass is 9.96. The second kappa shape index (κ2) is 21.2. The summed E-state index contributed by atoms with van der Waals surface area (Å²) in [4.78, 5) is 27.5. The van der Waals surface area contributed by atoms with Gasteiger partial charge in [0.25, 0.3) is 6.47 Å². The molecular formula is C23H32N2O6. The summed E-state index contributed by atoms with van der Waals surface area (Å²) in [5.74, 6) is 1.24. The van der Waals surface area contributed by atoms with Gasteiger partial charge < -0.3 is 25.5 Å². The first-order valence-corrected chi connectivity index (χ1v) is 9.51. The topological polar surface area (TPSA) is 139 Å². The van der Waals surface area contributed by atoms with E-state index in [1.165, 1.54) is 12.5 Å². The zero-order chi connectivity index (χ0) is 23.9. The first kappa shape index (κ1) is 29.7. The Kier molecular flexibility index (Phi) is 20.3. The Balaban J connectivity index is 0. The largest absolute Gasteiger partial charge is 0.490 e. The van der Waals surface area contributed by atoms with Crippen LogP contribution in [0, 0.1) is 4.91 Å². The van der Waals surface area contributed by atoms with Crippen molar-refractivity contribution in [2.45, 2.75) is 32.6 Å². The number of benzene rings is 2. The molecule has 0 saturated heterocycles. The molecule has 0 amide bonds. The number of carbonyl (C=O) groups is 2. The van der Waals surface area contributed by atoms with Gasteiger partial charge in [-0.2, -0.15) is 0 Å². The molecule has 0 spiro atoms. The molecule has 0 bridgehead atoms. The van der Waals surface area contributed by atoms with Crippen LogP contribution in [0.4, 0.5) is 11.4 Å². The first-order valence-electron chi connectivity index (χ1n) is 9.51. The Hall–Kier alpha value is -3.52. The number of nitroso groups, excluding NO2 is 1. The number of anilines is 1. The highest BCUT2D eigenvalue weighted by molar-refractivity contribution is 5.44. The molecule has 0 aliphatic rings. The van der Waals surface area contributed by atoms with Crippen LogP contribution >= 0.6 is 0 Å². The minimum absolute atomic E-state index is 0.250. The molecule has 0 saturated carbocycles. The number of hydrogen-bond acceptors (Lipinski definition) is 7. The number of rotatable bonds is 8. The van der Waals surface area contributed by atoms with E-state index in [9.17, 15) is 4.91 Å². The Labute approximate surface area is 183 Å². The lowest BCUT2D eigenvalue weighted by Gasteiger charge is -2.10. The number of hydrogen-bond donors (Lipinski definition) is 3. The number of aliphatic hydroxyl groups is 1. The van der Waals surface area contributed by atoms with Crippen LogP contribution in [0.25, 0.3) is 0 Å².